The number of hydrogen-bond acceptors (Lipinski definition) is 7. The fourth-order valence-electron chi connectivity index (χ4n) is 2.57. The van der Waals surface area contributed by atoms with Crippen LogP contribution in [0, 0.1) is 0 Å². The Labute approximate surface area is 154 Å². The smallest absolute Gasteiger partial charge is 0.293 e. The van der Waals surface area contributed by atoms with E-state index in [-0.39, 0.29) is 16.7 Å². The molecule has 1 heterocycles. The SMILES string of the molecule is COc1cc(O)c2/c(c1)=C1C=C\1\C=C(O)/C(O)=C(O)/C=C\C=C(\C)O/C=2O. The summed E-state index contributed by atoms with van der Waals surface area (Å²) in [6, 6.07) is 2.93. The zero-order valence-corrected chi connectivity index (χ0v) is 14.6. The molecule has 2 aliphatic rings. The van der Waals surface area contributed by atoms with E-state index in [0.717, 1.165) is 6.08 Å². The summed E-state index contributed by atoms with van der Waals surface area (Å²) in [7, 11) is 1.44. The maximum absolute atomic E-state index is 10.4. The summed E-state index contributed by atoms with van der Waals surface area (Å²) in [5.41, 5.74) is 1.12. The first kappa shape index (κ1) is 18.1. The van der Waals surface area contributed by atoms with E-state index < -0.39 is 23.2 Å². The molecular weight excluding hydrogens is 352 g/mol. The van der Waals surface area contributed by atoms with E-state index in [9.17, 15) is 25.5 Å². The van der Waals surface area contributed by atoms with Gasteiger partial charge < -0.3 is 35.0 Å². The lowest BCUT2D eigenvalue weighted by Crippen LogP contribution is -2.29. The molecule has 0 amide bonds. The molecule has 0 spiro atoms. The Hall–Kier alpha value is -3.74. The first-order valence-electron chi connectivity index (χ1n) is 7.94. The molecule has 3 rings (SSSR count). The first-order chi connectivity index (χ1) is 12.8. The van der Waals surface area contributed by atoms with Crippen LogP contribution >= 0.6 is 0 Å². The van der Waals surface area contributed by atoms with Crippen molar-refractivity contribution in [2.24, 2.45) is 0 Å². The molecule has 7 heteroatoms. The number of allylic oxidation sites excluding steroid dienone is 7. The van der Waals surface area contributed by atoms with Crippen molar-refractivity contribution in [3.8, 4) is 11.5 Å². The summed E-state index contributed by atoms with van der Waals surface area (Å²) in [5, 5.41) is 50.9. The predicted octanol–water partition coefficient (Wildman–Crippen LogP) is 2.37. The van der Waals surface area contributed by atoms with Crippen molar-refractivity contribution in [1.29, 1.82) is 0 Å². The molecule has 0 atom stereocenters. The number of fused-ring (bicyclic) bond motifs is 2. The van der Waals surface area contributed by atoms with Gasteiger partial charge in [0.05, 0.1) is 7.11 Å². The number of phenols is 1. The number of methoxy groups -OCH3 is 1. The highest BCUT2D eigenvalue weighted by Gasteiger charge is 2.21. The molecule has 0 aromatic heterocycles. The number of benzene rings is 1. The van der Waals surface area contributed by atoms with Crippen LogP contribution in [0.25, 0.3) is 11.5 Å². The van der Waals surface area contributed by atoms with Crippen LogP contribution in [-0.2, 0) is 4.74 Å². The summed E-state index contributed by atoms with van der Waals surface area (Å²) in [4.78, 5) is 0. The Kier molecular flexibility index (Phi) is 4.60. The normalized spacial score (nSPS) is 28.7. The quantitative estimate of drug-likeness (QED) is 0.515. The van der Waals surface area contributed by atoms with Gasteiger partial charge in [-0.3, -0.25) is 0 Å². The average molecular weight is 370 g/mol. The Morgan fingerprint density at radius 1 is 1.00 bits per heavy atom. The van der Waals surface area contributed by atoms with Gasteiger partial charge >= 0.3 is 0 Å². The van der Waals surface area contributed by atoms with Gasteiger partial charge in [0, 0.05) is 11.3 Å². The minimum absolute atomic E-state index is 0.0568. The summed E-state index contributed by atoms with van der Waals surface area (Å²) >= 11 is 0. The van der Waals surface area contributed by atoms with E-state index in [1.54, 1.807) is 19.1 Å². The first-order valence-corrected chi connectivity index (χ1v) is 7.94. The summed E-state index contributed by atoms with van der Waals surface area (Å²) < 4.78 is 10.5. The van der Waals surface area contributed by atoms with Crippen LogP contribution in [0.3, 0.4) is 0 Å². The molecule has 27 heavy (non-hydrogen) atoms. The molecule has 0 saturated heterocycles. The monoisotopic (exact) mass is 370 g/mol. The average Bonchev–Trinajstić information content (AvgIpc) is 3.38. The van der Waals surface area contributed by atoms with Crippen molar-refractivity contribution >= 4 is 11.5 Å². The molecule has 5 N–H and O–H groups in total. The van der Waals surface area contributed by atoms with Crippen molar-refractivity contribution in [3.63, 3.8) is 0 Å². The van der Waals surface area contributed by atoms with Crippen LogP contribution in [0.1, 0.15) is 6.92 Å². The van der Waals surface area contributed by atoms with E-state index in [1.165, 1.54) is 31.4 Å². The molecule has 0 bridgehead atoms. The van der Waals surface area contributed by atoms with Crippen LogP contribution in [0.4, 0.5) is 0 Å². The maximum atomic E-state index is 10.4. The molecular formula is C20H18O7. The third-order valence-electron chi connectivity index (χ3n) is 3.98. The van der Waals surface area contributed by atoms with Gasteiger partial charge in [0.1, 0.15) is 22.5 Å². The molecule has 0 saturated carbocycles. The van der Waals surface area contributed by atoms with Crippen molar-refractivity contribution < 1.29 is 35.0 Å². The molecule has 0 unspecified atom stereocenters. The van der Waals surface area contributed by atoms with Gasteiger partial charge in [-0.1, -0.05) is 6.08 Å². The van der Waals surface area contributed by atoms with Crippen LogP contribution in [0.5, 0.6) is 11.5 Å². The Morgan fingerprint density at radius 2 is 1.74 bits per heavy atom. The lowest BCUT2D eigenvalue weighted by Gasteiger charge is -2.07. The minimum Gasteiger partial charge on any atom is -0.507 e. The second-order valence-electron chi connectivity index (χ2n) is 5.89. The highest BCUT2D eigenvalue weighted by atomic mass is 16.6. The van der Waals surface area contributed by atoms with Gasteiger partial charge in [0.25, 0.3) is 5.95 Å². The number of aliphatic hydroxyl groups excluding tert-OH is 4. The molecule has 1 aromatic carbocycles. The van der Waals surface area contributed by atoms with Crippen LogP contribution < -0.4 is 15.2 Å². The van der Waals surface area contributed by atoms with Gasteiger partial charge in [-0.25, -0.2) is 0 Å². The molecule has 0 radical (unpaired) electrons. The van der Waals surface area contributed by atoms with Crippen molar-refractivity contribution in [2.75, 3.05) is 7.11 Å². The Bertz CT molecular complexity index is 1080. The third-order valence-corrected chi connectivity index (χ3v) is 3.98. The highest BCUT2D eigenvalue weighted by molar-refractivity contribution is 5.93. The third kappa shape index (κ3) is 3.62. The van der Waals surface area contributed by atoms with Gasteiger partial charge in [-0.05, 0) is 48.4 Å². The molecule has 7 nitrogen and oxygen atoms in total. The second-order valence-corrected chi connectivity index (χ2v) is 5.89. The zero-order valence-electron chi connectivity index (χ0n) is 14.6. The fraction of sp³-hybridized carbons (Fsp3) is 0.100. The predicted molar refractivity (Wildman–Crippen MR) is 98.4 cm³/mol. The molecule has 1 aliphatic heterocycles. The van der Waals surface area contributed by atoms with Crippen molar-refractivity contribution in [2.45, 2.75) is 6.92 Å². The molecule has 0 fully saturated rings. The van der Waals surface area contributed by atoms with Crippen LogP contribution in [0.2, 0.25) is 0 Å². The Balaban J connectivity index is 2.32. The molecule has 1 aromatic rings. The minimum atomic E-state index is -0.689. The Morgan fingerprint density at radius 3 is 2.44 bits per heavy atom. The number of rotatable bonds is 1. The van der Waals surface area contributed by atoms with Gasteiger partial charge in [-0.15, -0.1) is 0 Å². The van der Waals surface area contributed by atoms with Gasteiger partial charge in [0.15, 0.2) is 17.3 Å². The van der Waals surface area contributed by atoms with E-state index in [2.05, 4.69) is 0 Å². The number of aromatic hydroxyl groups is 1. The number of phenolic OH excluding ortho intramolecular Hbond substituents is 1. The molecule has 140 valence electrons. The lowest BCUT2D eigenvalue weighted by molar-refractivity contribution is 0.241. The summed E-state index contributed by atoms with van der Waals surface area (Å²) in [6.07, 6.45) is 6.83. The highest BCUT2D eigenvalue weighted by Crippen LogP contribution is 2.31. The van der Waals surface area contributed by atoms with E-state index in [1.807, 2.05) is 0 Å². The van der Waals surface area contributed by atoms with Gasteiger partial charge in [0.2, 0.25) is 0 Å². The summed E-state index contributed by atoms with van der Waals surface area (Å²) in [6.45, 7) is 1.55. The zero-order chi connectivity index (χ0) is 19.7. The van der Waals surface area contributed by atoms with Gasteiger partial charge in [-0.2, -0.15) is 0 Å². The number of hydrogen-bond donors (Lipinski definition) is 5. The second kappa shape index (κ2) is 6.87. The van der Waals surface area contributed by atoms with E-state index in [0.29, 0.717) is 22.1 Å². The van der Waals surface area contributed by atoms with Crippen LogP contribution in [0.15, 0.2) is 71.1 Å². The van der Waals surface area contributed by atoms with E-state index in [4.69, 9.17) is 9.47 Å². The number of aliphatic hydroxyl groups is 4. The largest absolute Gasteiger partial charge is 0.507 e. The summed E-state index contributed by atoms with van der Waals surface area (Å²) in [5.74, 6) is -1.93. The fourth-order valence-corrected chi connectivity index (χ4v) is 2.57. The molecule has 1 aliphatic carbocycles. The van der Waals surface area contributed by atoms with E-state index >= 15 is 0 Å². The van der Waals surface area contributed by atoms with Crippen molar-refractivity contribution in [1.82, 2.24) is 0 Å². The van der Waals surface area contributed by atoms with Crippen molar-refractivity contribution in [3.05, 3.63) is 81.6 Å². The topological polar surface area (TPSA) is 120 Å². The number of ether oxygens (including phenoxy) is 2. The lowest BCUT2D eigenvalue weighted by atomic mass is 10.1. The standard InChI is InChI=1S/C20H18O7/c1-10-4-3-5-15(21)19(24)17(23)7-11-6-13(11)14-8-12(26-2)9-16(22)18(14)20(25)27-10/h3-9,21-25H,1-2H3/b5-3-,10-4-,14-13+,17-7+,19-15+,20-18-. The van der Waals surface area contributed by atoms with Crippen LogP contribution in [-0.4, -0.2) is 32.6 Å². The maximum Gasteiger partial charge on any atom is 0.293 e.